The van der Waals surface area contributed by atoms with E-state index < -0.39 is 11.7 Å². The van der Waals surface area contributed by atoms with Crippen LogP contribution in [0.2, 0.25) is 0 Å². The van der Waals surface area contributed by atoms with Gasteiger partial charge in [0.15, 0.2) is 0 Å². The third kappa shape index (κ3) is 3.06. The summed E-state index contributed by atoms with van der Waals surface area (Å²) in [4.78, 5) is 7.83. The Morgan fingerprint density at radius 2 is 2.00 bits per heavy atom. The van der Waals surface area contributed by atoms with Gasteiger partial charge in [0.05, 0.1) is 28.5 Å². The highest BCUT2D eigenvalue weighted by Gasteiger charge is 2.53. The van der Waals surface area contributed by atoms with Crippen LogP contribution in [0.15, 0.2) is 5.51 Å². The Balaban J connectivity index is 2.04. The van der Waals surface area contributed by atoms with Crippen LogP contribution in [0.3, 0.4) is 0 Å². The maximum atomic E-state index is 10.5. The molecule has 0 spiro atoms. The lowest BCUT2D eigenvalue weighted by molar-refractivity contribution is -0.0912. The number of ether oxygens (including phenoxy) is 1. The maximum Gasteiger partial charge on any atom is 0.0896 e. The average molecular weight is 298 g/mol. The van der Waals surface area contributed by atoms with Gasteiger partial charge in [0.1, 0.15) is 0 Å². The van der Waals surface area contributed by atoms with Crippen LogP contribution in [0.25, 0.3) is 0 Å². The van der Waals surface area contributed by atoms with Gasteiger partial charge in [-0.15, -0.1) is 11.3 Å². The van der Waals surface area contributed by atoms with E-state index >= 15 is 0 Å². The number of aryl methyl sites for hydroxylation is 1. The molecular weight excluding hydrogens is 272 g/mol. The zero-order chi connectivity index (χ0) is 15.1. The zero-order valence-electron chi connectivity index (χ0n) is 13.3. The van der Waals surface area contributed by atoms with Gasteiger partial charge in [0.25, 0.3) is 0 Å². The van der Waals surface area contributed by atoms with Crippen LogP contribution >= 0.6 is 11.3 Å². The Hall–Kier alpha value is -0.490. The van der Waals surface area contributed by atoms with Crippen molar-refractivity contribution in [2.24, 2.45) is 5.92 Å². The van der Waals surface area contributed by atoms with E-state index in [4.69, 9.17) is 4.74 Å². The van der Waals surface area contributed by atoms with Crippen molar-refractivity contribution in [3.05, 3.63) is 16.1 Å². The SMILES string of the molecule is Cc1ncsc1CN(C)CC1C(O)C(C)(C)OC1(C)C. The Morgan fingerprint density at radius 3 is 2.45 bits per heavy atom. The summed E-state index contributed by atoms with van der Waals surface area (Å²) in [5.41, 5.74) is 2.21. The average Bonchev–Trinajstić information content (AvgIpc) is 2.74. The molecule has 0 aromatic carbocycles. The highest BCUT2D eigenvalue weighted by atomic mass is 32.1. The number of hydrogen-bond donors (Lipinski definition) is 1. The molecule has 1 aromatic heterocycles. The number of thiazole rings is 1. The molecule has 1 fully saturated rings. The van der Waals surface area contributed by atoms with Crippen LogP contribution < -0.4 is 0 Å². The smallest absolute Gasteiger partial charge is 0.0896 e. The fourth-order valence-corrected chi connectivity index (χ4v) is 3.98. The van der Waals surface area contributed by atoms with Gasteiger partial charge in [-0.1, -0.05) is 0 Å². The predicted octanol–water partition coefficient (Wildman–Crippen LogP) is 2.45. The quantitative estimate of drug-likeness (QED) is 0.927. The molecule has 0 radical (unpaired) electrons. The first kappa shape index (κ1) is 15.9. The number of aliphatic hydroxyl groups excluding tert-OH is 1. The van der Waals surface area contributed by atoms with Gasteiger partial charge in [-0.25, -0.2) is 4.98 Å². The molecule has 2 rings (SSSR count). The molecule has 2 atom stereocenters. The first-order valence-corrected chi connectivity index (χ1v) is 7.97. The Labute approximate surface area is 125 Å². The number of aromatic nitrogens is 1. The van der Waals surface area contributed by atoms with Gasteiger partial charge in [0, 0.05) is 23.9 Å². The number of hydrogen-bond acceptors (Lipinski definition) is 5. The van der Waals surface area contributed by atoms with Gasteiger partial charge in [-0.05, 0) is 41.7 Å². The van der Waals surface area contributed by atoms with Crippen molar-refractivity contribution in [3.8, 4) is 0 Å². The summed E-state index contributed by atoms with van der Waals surface area (Å²) >= 11 is 1.69. The molecule has 1 aromatic rings. The molecule has 4 nitrogen and oxygen atoms in total. The molecule has 0 amide bonds. The fourth-order valence-electron chi connectivity index (χ4n) is 3.12. The van der Waals surface area contributed by atoms with Crippen molar-refractivity contribution in [1.82, 2.24) is 9.88 Å². The molecule has 2 heterocycles. The Morgan fingerprint density at radius 1 is 1.35 bits per heavy atom. The van der Waals surface area contributed by atoms with Crippen molar-refractivity contribution in [1.29, 1.82) is 0 Å². The summed E-state index contributed by atoms with van der Waals surface area (Å²) in [6.07, 6.45) is -0.442. The van der Waals surface area contributed by atoms with Crippen LogP contribution in [0.5, 0.6) is 0 Å². The summed E-state index contributed by atoms with van der Waals surface area (Å²) in [5, 5.41) is 10.5. The fraction of sp³-hybridized carbons (Fsp3) is 0.800. The third-order valence-corrected chi connectivity index (χ3v) is 5.20. The van der Waals surface area contributed by atoms with E-state index in [2.05, 4.69) is 30.8 Å². The molecule has 2 unspecified atom stereocenters. The summed E-state index contributed by atoms with van der Waals surface area (Å²) in [7, 11) is 2.09. The van der Waals surface area contributed by atoms with E-state index in [1.165, 1.54) is 4.88 Å². The molecule has 5 heteroatoms. The minimum Gasteiger partial charge on any atom is -0.390 e. The zero-order valence-corrected chi connectivity index (χ0v) is 14.1. The maximum absolute atomic E-state index is 10.5. The molecule has 1 aliphatic rings. The topological polar surface area (TPSA) is 45.6 Å². The summed E-state index contributed by atoms with van der Waals surface area (Å²) < 4.78 is 6.03. The Kier molecular flexibility index (Phi) is 4.27. The first-order chi connectivity index (χ1) is 9.13. The first-order valence-electron chi connectivity index (χ1n) is 7.09. The number of nitrogens with zero attached hydrogens (tertiary/aromatic N) is 2. The monoisotopic (exact) mass is 298 g/mol. The molecule has 1 aliphatic heterocycles. The third-order valence-electron chi connectivity index (χ3n) is 4.28. The van der Waals surface area contributed by atoms with E-state index in [-0.39, 0.29) is 11.5 Å². The van der Waals surface area contributed by atoms with Gasteiger partial charge in [-0.2, -0.15) is 0 Å². The molecule has 114 valence electrons. The minimum atomic E-state index is -0.477. The van der Waals surface area contributed by atoms with E-state index in [1.54, 1.807) is 11.3 Å². The summed E-state index contributed by atoms with van der Waals surface area (Å²) in [6, 6.07) is 0. The number of rotatable bonds is 4. The predicted molar refractivity (Wildman–Crippen MR) is 81.9 cm³/mol. The standard InChI is InChI=1S/C15H26N2O2S/c1-10-12(20-9-16-10)8-17(6)7-11-13(18)15(4,5)19-14(11,2)3/h9,11,13,18H,7-8H2,1-6H3. The van der Waals surface area contributed by atoms with E-state index in [0.29, 0.717) is 0 Å². The van der Waals surface area contributed by atoms with Crippen LogP contribution in [0, 0.1) is 12.8 Å². The molecule has 1 saturated heterocycles. The second-order valence-corrected chi connectivity index (χ2v) is 7.86. The normalized spacial score (nSPS) is 28.2. The lowest BCUT2D eigenvalue weighted by Crippen LogP contribution is -2.42. The Bertz CT molecular complexity index is 470. The lowest BCUT2D eigenvalue weighted by Gasteiger charge is -2.30. The van der Waals surface area contributed by atoms with Crippen LogP contribution in [-0.2, 0) is 11.3 Å². The van der Waals surface area contributed by atoms with Crippen LogP contribution in [-0.4, -0.2) is 45.9 Å². The number of aliphatic hydroxyl groups is 1. The minimum absolute atomic E-state index is 0.107. The van der Waals surface area contributed by atoms with Crippen molar-refractivity contribution < 1.29 is 9.84 Å². The van der Waals surface area contributed by atoms with Crippen LogP contribution in [0.4, 0.5) is 0 Å². The highest BCUT2D eigenvalue weighted by Crippen LogP contribution is 2.42. The van der Waals surface area contributed by atoms with E-state index in [0.717, 1.165) is 18.8 Å². The highest BCUT2D eigenvalue weighted by molar-refractivity contribution is 7.09. The van der Waals surface area contributed by atoms with Gasteiger partial charge in [-0.3, -0.25) is 0 Å². The van der Waals surface area contributed by atoms with Gasteiger partial charge >= 0.3 is 0 Å². The molecule has 20 heavy (non-hydrogen) atoms. The lowest BCUT2D eigenvalue weighted by atomic mass is 9.84. The van der Waals surface area contributed by atoms with Crippen LogP contribution in [0.1, 0.15) is 38.3 Å². The molecule has 0 saturated carbocycles. The largest absolute Gasteiger partial charge is 0.390 e. The van der Waals surface area contributed by atoms with Gasteiger partial charge in [0.2, 0.25) is 0 Å². The van der Waals surface area contributed by atoms with Crippen molar-refractivity contribution in [2.45, 2.75) is 58.5 Å². The van der Waals surface area contributed by atoms with E-state index in [9.17, 15) is 5.11 Å². The van der Waals surface area contributed by atoms with Crippen molar-refractivity contribution in [2.75, 3.05) is 13.6 Å². The summed E-state index contributed by atoms with van der Waals surface area (Å²) in [5.74, 6) is 0.107. The molecule has 0 aliphatic carbocycles. The van der Waals surface area contributed by atoms with Gasteiger partial charge < -0.3 is 14.7 Å². The second kappa shape index (κ2) is 5.37. The molecular formula is C15H26N2O2S. The summed E-state index contributed by atoms with van der Waals surface area (Å²) in [6.45, 7) is 11.8. The second-order valence-electron chi connectivity index (χ2n) is 6.92. The molecule has 1 N–H and O–H groups in total. The van der Waals surface area contributed by atoms with E-state index in [1.807, 2.05) is 26.3 Å². The molecule has 0 bridgehead atoms. The van der Waals surface area contributed by atoms with Crippen molar-refractivity contribution >= 4 is 11.3 Å². The van der Waals surface area contributed by atoms with Crippen molar-refractivity contribution in [3.63, 3.8) is 0 Å².